The van der Waals surface area contributed by atoms with Crippen LogP contribution in [0.5, 0.6) is 0 Å². The Bertz CT molecular complexity index is 299. The summed E-state index contributed by atoms with van der Waals surface area (Å²) < 4.78 is 4.92. The van der Waals surface area contributed by atoms with Gasteiger partial charge in [-0.1, -0.05) is 0 Å². The lowest BCUT2D eigenvalue weighted by Crippen LogP contribution is -2.18. The van der Waals surface area contributed by atoms with E-state index < -0.39 is 0 Å². The van der Waals surface area contributed by atoms with Gasteiger partial charge in [0.15, 0.2) is 0 Å². The largest absolute Gasteiger partial charge is 0.380 e. The fourth-order valence-electron chi connectivity index (χ4n) is 1.00. The summed E-state index contributed by atoms with van der Waals surface area (Å²) in [6, 6.07) is 1.76. The molecule has 0 unspecified atom stereocenters. The van der Waals surface area contributed by atoms with Crippen LogP contribution in [0.3, 0.4) is 0 Å². The molecule has 1 N–H and O–H groups in total. The molecule has 0 aliphatic rings. The van der Waals surface area contributed by atoms with Crippen LogP contribution in [0.2, 0.25) is 0 Å². The maximum atomic E-state index is 11.2. The Morgan fingerprint density at radius 3 is 3.00 bits per heavy atom. The molecule has 1 aromatic heterocycles. The van der Waals surface area contributed by atoms with Crippen molar-refractivity contribution in [3.8, 4) is 0 Å². The number of hydrogen-bond acceptors (Lipinski definition) is 3. The van der Waals surface area contributed by atoms with Gasteiger partial charge in [-0.05, 0) is 11.6 Å². The predicted octanol–water partition coefficient (Wildman–Crippen LogP) is 0.588. The molecule has 0 saturated carbocycles. The summed E-state index contributed by atoms with van der Waals surface area (Å²) in [4.78, 5) is 15.1. The molecule has 4 nitrogen and oxygen atoms in total. The molecule has 0 spiro atoms. The van der Waals surface area contributed by atoms with Gasteiger partial charge in [-0.25, -0.2) is 0 Å². The number of rotatable bonds is 3. The summed E-state index contributed by atoms with van der Waals surface area (Å²) in [6.07, 6.45) is 3.20. The van der Waals surface area contributed by atoms with Gasteiger partial charge < -0.3 is 10.1 Å². The predicted molar refractivity (Wildman–Crippen MR) is 48.3 cm³/mol. The quantitative estimate of drug-likeness (QED) is 0.740. The van der Waals surface area contributed by atoms with Crippen LogP contribution in [0.4, 0.5) is 0 Å². The van der Waals surface area contributed by atoms with Crippen LogP contribution in [-0.4, -0.2) is 25.0 Å². The number of carbonyl (C=O) groups is 1. The monoisotopic (exact) mass is 180 g/mol. The van der Waals surface area contributed by atoms with Crippen molar-refractivity contribution in [3.05, 3.63) is 29.6 Å². The van der Waals surface area contributed by atoms with Crippen LogP contribution in [0, 0.1) is 0 Å². The van der Waals surface area contributed by atoms with Gasteiger partial charge in [0.05, 0.1) is 12.2 Å². The minimum atomic E-state index is -0.134. The van der Waals surface area contributed by atoms with Crippen molar-refractivity contribution < 1.29 is 9.53 Å². The molecule has 13 heavy (non-hydrogen) atoms. The fourth-order valence-corrected chi connectivity index (χ4v) is 1.00. The van der Waals surface area contributed by atoms with Crippen molar-refractivity contribution in [3.63, 3.8) is 0 Å². The Kier molecular flexibility index (Phi) is 3.40. The third-order valence-corrected chi connectivity index (χ3v) is 1.60. The summed E-state index contributed by atoms with van der Waals surface area (Å²) in [6.45, 7) is 0.470. The van der Waals surface area contributed by atoms with E-state index in [1.165, 1.54) is 6.20 Å². The van der Waals surface area contributed by atoms with Crippen molar-refractivity contribution >= 4 is 5.91 Å². The summed E-state index contributed by atoms with van der Waals surface area (Å²) in [5.74, 6) is -0.134. The molecule has 0 aliphatic carbocycles. The first-order valence-electron chi connectivity index (χ1n) is 3.93. The van der Waals surface area contributed by atoms with Gasteiger partial charge in [0.25, 0.3) is 5.91 Å². The van der Waals surface area contributed by atoms with E-state index in [2.05, 4.69) is 10.3 Å². The highest BCUT2D eigenvalue weighted by atomic mass is 16.5. The first-order valence-corrected chi connectivity index (χ1v) is 3.93. The molecule has 1 rings (SSSR count). The Labute approximate surface area is 76.9 Å². The van der Waals surface area contributed by atoms with Crippen molar-refractivity contribution in [1.82, 2.24) is 10.3 Å². The topological polar surface area (TPSA) is 51.2 Å². The van der Waals surface area contributed by atoms with Crippen LogP contribution in [0.15, 0.2) is 18.5 Å². The van der Waals surface area contributed by atoms with E-state index in [0.29, 0.717) is 12.2 Å². The van der Waals surface area contributed by atoms with Crippen molar-refractivity contribution in [2.45, 2.75) is 6.61 Å². The van der Waals surface area contributed by atoms with Crippen LogP contribution >= 0.6 is 0 Å². The molecule has 0 bridgehead atoms. The number of aromatic nitrogens is 1. The van der Waals surface area contributed by atoms with Gasteiger partial charge in [-0.3, -0.25) is 9.78 Å². The third-order valence-electron chi connectivity index (χ3n) is 1.60. The van der Waals surface area contributed by atoms with Gasteiger partial charge in [0.1, 0.15) is 0 Å². The normalized spacial score (nSPS) is 9.69. The van der Waals surface area contributed by atoms with E-state index in [0.717, 1.165) is 5.56 Å². The molecule has 0 aliphatic heterocycles. The lowest BCUT2D eigenvalue weighted by Gasteiger charge is -2.02. The van der Waals surface area contributed by atoms with Crippen molar-refractivity contribution in [2.24, 2.45) is 0 Å². The SMILES string of the molecule is CNC(=O)c1cncc(COC)c1. The molecule has 1 aromatic rings. The number of carbonyl (C=O) groups excluding carboxylic acids is 1. The Morgan fingerprint density at radius 2 is 2.38 bits per heavy atom. The van der Waals surface area contributed by atoms with Crippen LogP contribution in [0.1, 0.15) is 15.9 Å². The van der Waals surface area contributed by atoms with E-state index in [1.54, 1.807) is 26.4 Å². The number of nitrogens with one attached hydrogen (secondary N) is 1. The zero-order chi connectivity index (χ0) is 9.68. The minimum Gasteiger partial charge on any atom is -0.380 e. The highest BCUT2D eigenvalue weighted by molar-refractivity contribution is 5.93. The molecule has 0 atom stereocenters. The zero-order valence-electron chi connectivity index (χ0n) is 7.70. The maximum absolute atomic E-state index is 11.2. The average molecular weight is 180 g/mol. The number of amides is 1. The lowest BCUT2D eigenvalue weighted by atomic mass is 10.2. The minimum absolute atomic E-state index is 0.134. The van der Waals surface area contributed by atoms with Gasteiger partial charge in [0.2, 0.25) is 0 Å². The van der Waals surface area contributed by atoms with E-state index in [-0.39, 0.29) is 5.91 Å². The molecule has 70 valence electrons. The molecule has 0 saturated heterocycles. The van der Waals surface area contributed by atoms with E-state index in [4.69, 9.17) is 4.74 Å². The summed E-state index contributed by atoms with van der Waals surface area (Å²) in [7, 11) is 3.19. The number of ether oxygens (including phenoxy) is 1. The molecule has 0 fully saturated rings. The highest BCUT2D eigenvalue weighted by Gasteiger charge is 2.03. The summed E-state index contributed by atoms with van der Waals surface area (Å²) >= 11 is 0. The lowest BCUT2D eigenvalue weighted by molar-refractivity contribution is 0.0962. The van der Waals surface area contributed by atoms with Gasteiger partial charge >= 0.3 is 0 Å². The number of hydrogen-bond donors (Lipinski definition) is 1. The molecule has 4 heteroatoms. The fraction of sp³-hybridized carbons (Fsp3) is 0.333. The average Bonchev–Trinajstić information content (AvgIpc) is 2.18. The second-order valence-corrected chi connectivity index (χ2v) is 2.59. The number of methoxy groups -OCH3 is 1. The Morgan fingerprint density at radius 1 is 1.62 bits per heavy atom. The molecule has 0 radical (unpaired) electrons. The summed E-state index contributed by atoms with van der Waals surface area (Å²) in [5.41, 5.74) is 1.45. The van der Waals surface area contributed by atoms with E-state index in [9.17, 15) is 4.79 Å². The van der Waals surface area contributed by atoms with Gasteiger partial charge in [-0.15, -0.1) is 0 Å². The molecule has 0 aromatic carbocycles. The molecular weight excluding hydrogens is 168 g/mol. The Balaban J connectivity index is 2.85. The van der Waals surface area contributed by atoms with Gasteiger partial charge in [-0.2, -0.15) is 0 Å². The Hall–Kier alpha value is -1.42. The first kappa shape index (κ1) is 9.67. The van der Waals surface area contributed by atoms with Gasteiger partial charge in [0, 0.05) is 26.6 Å². The standard InChI is InChI=1S/C9H12N2O2/c1-10-9(12)8-3-7(6-13-2)4-11-5-8/h3-5H,6H2,1-2H3,(H,10,12). The molecular formula is C9H12N2O2. The second kappa shape index (κ2) is 4.57. The second-order valence-electron chi connectivity index (χ2n) is 2.59. The smallest absolute Gasteiger partial charge is 0.252 e. The highest BCUT2D eigenvalue weighted by Crippen LogP contribution is 2.03. The van der Waals surface area contributed by atoms with Crippen molar-refractivity contribution in [1.29, 1.82) is 0 Å². The molecule has 1 amide bonds. The van der Waals surface area contributed by atoms with Crippen LogP contribution in [0.25, 0.3) is 0 Å². The van der Waals surface area contributed by atoms with Crippen LogP contribution in [-0.2, 0) is 11.3 Å². The van der Waals surface area contributed by atoms with E-state index in [1.807, 2.05) is 0 Å². The number of pyridine rings is 1. The van der Waals surface area contributed by atoms with E-state index >= 15 is 0 Å². The zero-order valence-corrected chi connectivity index (χ0v) is 7.70. The maximum Gasteiger partial charge on any atom is 0.252 e. The summed E-state index contributed by atoms with van der Waals surface area (Å²) in [5, 5.41) is 2.53. The number of nitrogens with zero attached hydrogens (tertiary/aromatic N) is 1. The van der Waals surface area contributed by atoms with Crippen LogP contribution < -0.4 is 5.32 Å². The first-order chi connectivity index (χ1) is 6.27. The third kappa shape index (κ3) is 2.52. The van der Waals surface area contributed by atoms with Crippen molar-refractivity contribution in [2.75, 3.05) is 14.2 Å². The molecule has 1 heterocycles.